The third-order valence-corrected chi connectivity index (χ3v) is 2.82. The lowest BCUT2D eigenvalue weighted by Gasteiger charge is -2.32. The number of hydrogen-bond donors (Lipinski definition) is 0. The Morgan fingerprint density at radius 1 is 1.27 bits per heavy atom. The third-order valence-electron chi connectivity index (χ3n) is 2.82. The Balaban J connectivity index is 2.14. The van der Waals surface area contributed by atoms with E-state index in [0.717, 1.165) is 19.4 Å². The molecule has 0 saturated carbocycles. The first kappa shape index (κ1) is 10.2. The Morgan fingerprint density at radius 2 is 2.07 bits per heavy atom. The normalized spacial score (nSPS) is 22.3. The van der Waals surface area contributed by atoms with Gasteiger partial charge >= 0.3 is 6.47 Å². The highest BCUT2D eigenvalue weighted by atomic mass is 16.7. The van der Waals surface area contributed by atoms with Crippen LogP contribution in [0.5, 0.6) is 0 Å². The number of hydrogen-bond acceptors (Lipinski definition) is 3. The highest BCUT2D eigenvalue weighted by Gasteiger charge is 2.24. The standard InChI is InChI=1S/C12H15NO2/c14-10-15-13-9-5-4-8-12(13)11-6-2-1-3-7-11/h1-3,6-7,10,12H,4-5,8-9H2. The molecule has 1 atom stereocenters. The summed E-state index contributed by atoms with van der Waals surface area (Å²) in [5, 5.41) is 1.78. The van der Waals surface area contributed by atoms with E-state index in [9.17, 15) is 4.79 Å². The second-order valence-electron chi connectivity index (χ2n) is 3.76. The van der Waals surface area contributed by atoms with Crippen molar-refractivity contribution >= 4 is 6.47 Å². The maximum atomic E-state index is 10.4. The second-order valence-corrected chi connectivity index (χ2v) is 3.76. The first-order valence-corrected chi connectivity index (χ1v) is 5.34. The molecular formula is C12H15NO2. The van der Waals surface area contributed by atoms with Crippen molar-refractivity contribution in [2.45, 2.75) is 25.3 Å². The molecule has 3 heteroatoms. The van der Waals surface area contributed by atoms with Gasteiger partial charge in [-0.3, -0.25) is 4.79 Å². The summed E-state index contributed by atoms with van der Waals surface area (Å²) in [4.78, 5) is 15.4. The van der Waals surface area contributed by atoms with E-state index in [0.29, 0.717) is 6.47 Å². The van der Waals surface area contributed by atoms with Crippen molar-refractivity contribution in [3.8, 4) is 0 Å². The molecule has 0 aliphatic carbocycles. The first-order chi connectivity index (χ1) is 7.42. The Hall–Kier alpha value is -1.35. The van der Waals surface area contributed by atoms with E-state index in [2.05, 4.69) is 12.1 Å². The van der Waals surface area contributed by atoms with Crippen LogP contribution in [-0.4, -0.2) is 18.1 Å². The number of carbonyl (C=O) groups excluding carboxylic acids is 1. The SMILES string of the molecule is O=CON1CCCCC1c1ccccc1. The van der Waals surface area contributed by atoms with Crippen molar-refractivity contribution in [3.63, 3.8) is 0 Å². The molecule has 1 heterocycles. The summed E-state index contributed by atoms with van der Waals surface area (Å²) in [6, 6.07) is 10.4. The molecule has 3 nitrogen and oxygen atoms in total. The average molecular weight is 205 g/mol. The highest BCUT2D eigenvalue weighted by Crippen LogP contribution is 2.30. The molecule has 1 aromatic rings. The summed E-state index contributed by atoms with van der Waals surface area (Å²) in [6.45, 7) is 1.35. The molecule has 1 aliphatic rings. The van der Waals surface area contributed by atoms with Gasteiger partial charge in [0.1, 0.15) is 0 Å². The van der Waals surface area contributed by atoms with Crippen molar-refractivity contribution in [1.29, 1.82) is 0 Å². The minimum atomic E-state index is 0.227. The van der Waals surface area contributed by atoms with Crippen LogP contribution in [0.15, 0.2) is 30.3 Å². The lowest BCUT2D eigenvalue weighted by atomic mass is 9.97. The number of nitrogens with zero attached hydrogens (tertiary/aromatic N) is 1. The molecule has 0 bridgehead atoms. The van der Waals surface area contributed by atoms with Gasteiger partial charge in [0.15, 0.2) is 0 Å². The van der Waals surface area contributed by atoms with Crippen LogP contribution in [0.2, 0.25) is 0 Å². The van der Waals surface area contributed by atoms with E-state index in [1.54, 1.807) is 5.06 Å². The average Bonchev–Trinajstić information content (AvgIpc) is 2.31. The van der Waals surface area contributed by atoms with Crippen molar-refractivity contribution < 1.29 is 9.63 Å². The summed E-state index contributed by atoms with van der Waals surface area (Å²) in [6.07, 6.45) is 3.34. The largest absolute Gasteiger partial charge is 0.370 e. The fourth-order valence-corrected chi connectivity index (χ4v) is 2.09. The van der Waals surface area contributed by atoms with Crippen LogP contribution < -0.4 is 0 Å². The summed E-state index contributed by atoms with van der Waals surface area (Å²) in [7, 11) is 0. The lowest BCUT2D eigenvalue weighted by molar-refractivity contribution is -0.193. The second kappa shape index (κ2) is 4.94. The fourth-order valence-electron chi connectivity index (χ4n) is 2.09. The number of rotatable bonds is 3. The summed E-state index contributed by atoms with van der Waals surface area (Å²) in [5.74, 6) is 0. The predicted octanol–water partition coefficient (Wildman–Crippen LogP) is 2.30. The molecule has 80 valence electrons. The zero-order valence-corrected chi connectivity index (χ0v) is 8.63. The number of carbonyl (C=O) groups is 1. The van der Waals surface area contributed by atoms with Crippen molar-refractivity contribution in [3.05, 3.63) is 35.9 Å². The highest BCUT2D eigenvalue weighted by molar-refractivity contribution is 5.36. The van der Waals surface area contributed by atoms with Gasteiger partial charge in [-0.2, -0.15) is 0 Å². The van der Waals surface area contributed by atoms with E-state index < -0.39 is 0 Å². The quantitative estimate of drug-likeness (QED) is 0.709. The van der Waals surface area contributed by atoms with Gasteiger partial charge in [0, 0.05) is 6.54 Å². The van der Waals surface area contributed by atoms with E-state index in [1.807, 2.05) is 18.2 Å². The van der Waals surface area contributed by atoms with Gasteiger partial charge in [-0.1, -0.05) is 36.8 Å². The van der Waals surface area contributed by atoms with Crippen LogP contribution >= 0.6 is 0 Å². The minimum absolute atomic E-state index is 0.227. The van der Waals surface area contributed by atoms with E-state index in [-0.39, 0.29) is 6.04 Å². The van der Waals surface area contributed by atoms with Crippen LogP contribution in [0.1, 0.15) is 30.9 Å². The van der Waals surface area contributed by atoms with Crippen LogP contribution in [0.4, 0.5) is 0 Å². The summed E-state index contributed by atoms with van der Waals surface area (Å²) >= 11 is 0. The maximum absolute atomic E-state index is 10.4. The summed E-state index contributed by atoms with van der Waals surface area (Å²) < 4.78 is 0. The Labute approximate surface area is 89.6 Å². The monoisotopic (exact) mass is 205 g/mol. The Morgan fingerprint density at radius 3 is 2.80 bits per heavy atom. The molecular weight excluding hydrogens is 190 g/mol. The maximum Gasteiger partial charge on any atom is 0.313 e. The molecule has 0 aromatic heterocycles. The molecule has 0 N–H and O–H groups in total. The first-order valence-electron chi connectivity index (χ1n) is 5.34. The van der Waals surface area contributed by atoms with Crippen LogP contribution in [-0.2, 0) is 9.63 Å². The molecule has 15 heavy (non-hydrogen) atoms. The molecule has 0 spiro atoms. The van der Waals surface area contributed by atoms with Crippen molar-refractivity contribution in [2.75, 3.05) is 6.54 Å². The lowest BCUT2D eigenvalue weighted by Crippen LogP contribution is -2.33. The topological polar surface area (TPSA) is 29.5 Å². The van der Waals surface area contributed by atoms with Crippen molar-refractivity contribution in [1.82, 2.24) is 5.06 Å². The molecule has 1 aromatic carbocycles. The molecule has 1 saturated heterocycles. The van der Waals surface area contributed by atoms with Crippen LogP contribution in [0.3, 0.4) is 0 Å². The number of piperidine rings is 1. The number of hydroxylamine groups is 2. The molecule has 2 rings (SSSR count). The van der Waals surface area contributed by atoms with Gasteiger partial charge in [0.25, 0.3) is 0 Å². The minimum Gasteiger partial charge on any atom is -0.370 e. The zero-order chi connectivity index (χ0) is 10.5. The van der Waals surface area contributed by atoms with Gasteiger partial charge < -0.3 is 4.84 Å². The van der Waals surface area contributed by atoms with Gasteiger partial charge in [0.05, 0.1) is 6.04 Å². The van der Waals surface area contributed by atoms with Gasteiger partial charge in [-0.15, -0.1) is 5.06 Å². The van der Waals surface area contributed by atoms with E-state index in [1.165, 1.54) is 12.0 Å². The smallest absolute Gasteiger partial charge is 0.313 e. The number of benzene rings is 1. The van der Waals surface area contributed by atoms with Gasteiger partial charge in [-0.25, -0.2) is 0 Å². The van der Waals surface area contributed by atoms with Gasteiger partial charge in [-0.05, 0) is 18.4 Å². The molecule has 0 amide bonds. The van der Waals surface area contributed by atoms with Gasteiger partial charge in [0.2, 0.25) is 0 Å². The van der Waals surface area contributed by atoms with Crippen LogP contribution in [0.25, 0.3) is 0 Å². The Bertz CT molecular complexity index is 313. The molecule has 1 fully saturated rings. The molecule has 1 aliphatic heterocycles. The van der Waals surface area contributed by atoms with E-state index >= 15 is 0 Å². The van der Waals surface area contributed by atoms with Crippen molar-refractivity contribution in [2.24, 2.45) is 0 Å². The third kappa shape index (κ3) is 2.36. The van der Waals surface area contributed by atoms with E-state index in [4.69, 9.17) is 4.84 Å². The fraction of sp³-hybridized carbons (Fsp3) is 0.417. The summed E-state index contributed by atoms with van der Waals surface area (Å²) in [5.41, 5.74) is 1.22. The predicted molar refractivity (Wildman–Crippen MR) is 56.9 cm³/mol. The Kier molecular flexibility index (Phi) is 3.35. The molecule has 1 unspecified atom stereocenters. The van der Waals surface area contributed by atoms with Crippen LogP contribution in [0, 0.1) is 0 Å². The zero-order valence-electron chi connectivity index (χ0n) is 8.63. The molecule has 0 radical (unpaired) electrons.